The van der Waals surface area contributed by atoms with Crippen LogP contribution in [0.5, 0.6) is 0 Å². The smallest absolute Gasteiger partial charge is 0.0686 e. The van der Waals surface area contributed by atoms with Gasteiger partial charge in [0.15, 0.2) is 0 Å². The summed E-state index contributed by atoms with van der Waals surface area (Å²) in [6.07, 6.45) is 5.02. The molecule has 0 radical (unpaired) electrons. The number of fused-ring (bicyclic) bond motifs is 1. The number of aromatic nitrogens is 1. The molecule has 1 N–H and O–H groups in total. The molecule has 0 aliphatic carbocycles. The Kier molecular flexibility index (Phi) is 4.15. The summed E-state index contributed by atoms with van der Waals surface area (Å²) in [4.78, 5) is 5.73. The molecule has 3 aromatic heterocycles. The standard InChI is InChI=1S/C16H18N2S2/c1-3-5-18-16(12-7-11(2)9-17-10-12)15-8-14-13(20-15)4-6-19-14/h4,6-10,16,18H,3,5H2,1-2H3. The van der Waals surface area contributed by atoms with Crippen LogP contribution in [0.4, 0.5) is 0 Å². The van der Waals surface area contributed by atoms with Crippen LogP contribution in [0, 0.1) is 6.92 Å². The van der Waals surface area contributed by atoms with Crippen LogP contribution >= 0.6 is 22.7 Å². The molecule has 3 heterocycles. The van der Waals surface area contributed by atoms with Crippen molar-refractivity contribution in [2.45, 2.75) is 26.3 Å². The Morgan fingerprint density at radius 2 is 2.15 bits per heavy atom. The summed E-state index contributed by atoms with van der Waals surface area (Å²) in [5.41, 5.74) is 2.47. The number of pyridine rings is 1. The molecule has 0 fully saturated rings. The van der Waals surface area contributed by atoms with E-state index < -0.39 is 0 Å². The quantitative estimate of drug-likeness (QED) is 0.735. The van der Waals surface area contributed by atoms with Crippen LogP contribution in [0.1, 0.15) is 35.4 Å². The van der Waals surface area contributed by atoms with Gasteiger partial charge in [0.2, 0.25) is 0 Å². The van der Waals surface area contributed by atoms with Gasteiger partial charge in [0.1, 0.15) is 0 Å². The van der Waals surface area contributed by atoms with Crippen molar-refractivity contribution < 1.29 is 0 Å². The van der Waals surface area contributed by atoms with Crippen molar-refractivity contribution in [2.24, 2.45) is 0 Å². The topological polar surface area (TPSA) is 24.9 Å². The largest absolute Gasteiger partial charge is 0.306 e. The molecule has 0 bridgehead atoms. The number of hydrogen-bond acceptors (Lipinski definition) is 4. The highest BCUT2D eigenvalue weighted by atomic mass is 32.1. The van der Waals surface area contributed by atoms with E-state index in [0.29, 0.717) is 0 Å². The molecule has 0 spiro atoms. The maximum atomic E-state index is 4.35. The summed E-state index contributed by atoms with van der Waals surface area (Å²) in [7, 11) is 0. The SMILES string of the molecule is CCCNC(c1cncc(C)c1)c1cc2sccc2s1. The van der Waals surface area contributed by atoms with E-state index >= 15 is 0 Å². The second-order valence-corrected chi connectivity index (χ2v) is 7.04. The third kappa shape index (κ3) is 2.77. The zero-order valence-corrected chi connectivity index (χ0v) is 13.4. The molecule has 20 heavy (non-hydrogen) atoms. The Balaban J connectivity index is 1.98. The molecule has 0 aromatic carbocycles. The molecule has 3 aromatic rings. The third-order valence-electron chi connectivity index (χ3n) is 3.27. The fourth-order valence-electron chi connectivity index (χ4n) is 2.33. The molecule has 1 atom stereocenters. The van der Waals surface area contributed by atoms with Crippen LogP contribution in [-0.4, -0.2) is 11.5 Å². The lowest BCUT2D eigenvalue weighted by atomic mass is 10.1. The van der Waals surface area contributed by atoms with Crippen LogP contribution in [0.3, 0.4) is 0 Å². The van der Waals surface area contributed by atoms with Gasteiger partial charge in [-0.15, -0.1) is 22.7 Å². The van der Waals surface area contributed by atoms with E-state index in [0.717, 1.165) is 13.0 Å². The van der Waals surface area contributed by atoms with Crippen LogP contribution < -0.4 is 5.32 Å². The molecule has 1 unspecified atom stereocenters. The lowest BCUT2D eigenvalue weighted by Crippen LogP contribution is -2.22. The third-order valence-corrected chi connectivity index (χ3v) is 5.43. The fraction of sp³-hybridized carbons (Fsp3) is 0.312. The fourth-order valence-corrected chi connectivity index (χ4v) is 4.56. The van der Waals surface area contributed by atoms with E-state index in [-0.39, 0.29) is 6.04 Å². The first-order valence-electron chi connectivity index (χ1n) is 6.90. The Morgan fingerprint density at radius 1 is 1.25 bits per heavy atom. The summed E-state index contributed by atoms with van der Waals surface area (Å²) in [6.45, 7) is 5.32. The van der Waals surface area contributed by atoms with Gasteiger partial charge in [-0.3, -0.25) is 4.98 Å². The molecular formula is C16H18N2S2. The van der Waals surface area contributed by atoms with Gasteiger partial charge in [-0.2, -0.15) is 0 Å². The van der Waals surface area contributed by atoms with Crippen molar-refractivity contribution in [1.29, 1.82) is 0 Å². The minimum atomic E-state index is 0.256. The zero-order chi connectivity index (χ0) is 13.9. The van der Waals surface area contributed by atoms with Gasteiger partial charge >= 0.3 is 0 Å². The average Bonchev–Trinajstić information content (AvgIpc) is 3.00. The summed E-state index contributed by atoms with van der Waals surface area (Å²) in [6, 6.07) is 7.01. The van der Waals surface area contributed by atoms with Crippen molar-refractivity contribution in [3.05, 3.63) is 52.0 Å². The van der Waals surface area contributed by atoms with Crippen LogP contribution in [-0.2, 0) is 0 Å². The van der Waals surface area contributed by atoms with E-state index in [4.69, 9.17) is 0 Å². The second-order valence-electron chi connectivity index (χ2n) is 4.98. The molecule has 0 saturated heterocycles. The number of hydrogen-bond donors (Lipinski definition) is 1. The van der Waals surface area contributed by atoms with Crippen LogP contribution in [0.2, 0.25) is 0 Å². The van der Waals surface area contributed by atoms with Gasteiger partial charge < -0.3 is 5.32 Å². The molecule has 0 aliphatic rings. The first-order chi connectivity index (χ1) is 9.78. The Morgan fingerprint density at radius 3 is 2.90 bits per heavy atom. The van der Waals surface area contributed by atoms with Gasteiger partial charge in [-0.05, 0) is 48.5 Å². The van der Waals surface area contributed by atoms with Crippen LogP contribution in [0.15, 0.2) is 36.0 Å². The number of aryl methyl sites for hydroxylation is 1. The van der Waals surface area contributed by atoms with Gasteiger partial charge in [-0.1, -0.05) is 13.0 Å². The molecule has 0 amide bonds. The minimum absolute atomic E-state index is 0.256. The molecule has 3 rings (SSSR count). The number of rotatable bonds is 5. The summed E-state index contributed by atoms with van der Waals surface area (Å²) < 4.78 is 2.77. The van der Waals surface area contributed by atoms with Crippen molar-refractivity contribution in [1.82, 2.24) is 10.3 Å². The highest BCUT2D eigenvalue weighted by Crippen LogP contribution is 2.35. The van der Waals surface area contributed by atoms with Gasteiger partial charge in [0, 0.05) is 26.7 Å². The molecule has 0 aliphatic heterocycles. The summed E-state index contributed by atoms with van der Waals surface area (Å²) in [5, 5.41) is 5.82. The van der Waals surface area contributed by atoms with Crippen molar-refractivity contribution in [3.8, 4) is 0 Å². The maximum absolute atomic E-state index is 4.35. The van der Waals surface area contributed by atoms with Crippen molar-refractivity contribution in [3.63, 3.8) is 0 Å². The first-order valence-corrected chi connectivity index (χ1v) is 8.59. The molecular weight excluding hydrogens is 284 g/mol. The Hall–Kier alpha value is -1.23. The highest BCUT2D eigenvalue weighted by Gasteiger charge is 2.17. The maximum Gasteiger partial charge on any atom is 0.0686 e. The summed E-state index contributed by atoms with van der Waals surface area (Å²) >= 11 is 3.70. The lowest BCUT2D eigenvalue weighted by Gasteiger charge is -2.17. The van der Waals surface area contributed by atoms with E-state index in [1.165, 1.54) is 25.4 Å². The van der Waals surface area contributed by atoms with Crippen molar-refractivity contribution in [2.75, 3.05) is 6.54 Å². The number of thiophene rings is 2. The van der Waals surface area contributed by atoms with Gasteiger partial charge in [0.25, 0.3) is 0 Å². The zero-order valence-electron chi connectivity index (χ0n) is 11.7. The predicted octanol–water partition coefficient (Wildman–Crippen LogP) is 4.76. The Labute approximate surface area is 127 Å². The van der Waals surface area contributed by atoms with E-state index in [1.54, 1.807) is 0 Å². The number of nitrogens with one attached hydrogen (secondary N) is 1. The number of nitrogens with zero attached hydrogens (tertiary/aromatic N) is 1. The normalized spacial score (nSPS) is 12.9. The summed E-state index contributed by atoms with van der Waals surface area (Å²) in [5.74, 6) is 0. The second kappa shape index (κ2) is 6.04. The highest BCUT2D eigenvalue weighted by molar-refractivity contribution is 7.27. The van der Waals surface area contributed by atoms with E-state index in [1.807, 2.05) is 35.1 Å². The Bertz CT molecular complexity index is 671. The molecule has 2 nitrogen and oxygen atoms in total. The van der Waals surface area contributed by atoms with E-state index in [9.17, 15) is 0 Å². The lowest BCUT2D eigenvalue weighted by molar-refractivity contribution is 0.604. The van der Waals surface area contributed by atoms with Crippen LogP contribution in [0.25, 0.3) is 9.40 Å². The van der Waals surface area contributed by atoms with Crippen molar-refractivity contribution >= 4 is 32.1 Å². The van der Waals surface area contributed by atoms with Gasteiger partial charge in [-0.25, -0.2) is 0 Å². The molecule has 0 saturated carbocycles. The first kappa shape index (κ1) is 13.7. The average molecular weight is 302 g/mol. The molecule has 4 heteroatoms. The van der Waals surface area contributed by atoms with E-state index in [2.05, 4.69) is 47.7 Å². The monoisotopic (exact) mass is 302 g/mol. The minimum Gasteiger partial charge on any atom is -0.306 e. The molecule has 104 valence electrons. The predicted molar refractivity (Wildman–Crippen MR) is 88.8 cm³/mol. The van der Waals surface area contributed by atoms with Gasteiger partial charge in [0.05, 0.1) is 6.04 Å².